The summed E-state index contributed by atoms with van der Waals surface area (Å²) in [5, 5.41) is 1.09. The fraction of sp³-hybridized carbons (Fsp3) is 0.429. The van der Waals surface area contributed by atoms with E-state index in [2.05, 4.69) is 0 Å². The number of alkyl halides is 3. The second-order valence-electron chi connectivity index (χ2n) is 9.76. The molecule has 0 bridgehead atoms. The fourth-order valence-corrected chi connectivity index (χ4v) is 5.73. The maximum absolute atomic E-state index is 13.4. The van der Waals surface area contributed by atoms with Crippen LogP contribution in [0.4, 0.5) is 13.2 Å². The summed E-state index contributed by atoms with van der Waals surface area (Å²) in [6.45, 7) is 6.71. The van der Waals surface area contributed by atoms with Crippen molar-refractivity contribution in [3.8, 4) is 0 Å². The number of likely N-dealkylation sites (tertiary alicyclic amines) is 1. The average molecular weight is 569 g/mol. The molecule has 4 rings (SSSR count). The molecule has 1 amide bonds. The van der Waals surface area contributed by atoms with Crippen LogP contribution in [-0.4, -0.2) is 41.0 Å². The highest BCUT2D eigenvalue weighted by atomic mass is 35.5. The van der Waals surface area contributed by atoms with E-state index >= 15 is 0 Å². The summed E-state index contributed by atoms with van der Waals surface area (Å²) in [5.74, 6) is -0.275. The van der Waals surface area contributed by atoms with Gasteiger partial charge in [0.05, 0.1) is 34.8 Å². The molecule has 0 saturated carbocycles. The molecule has 0 spiro atoms. The third kappa shape index (κ3) is 5.81. The van der Waals surface area contributed by atoms with E-state index in [-0.39, 0.29) is 29.4 Å². The van der Waals surface area contributed by atoms with E-state index in [9.17, 15) is 22.8 Å². The largest absolute Gasteiger partial charge is 0.466 e. The van der Waals surface area contributed by atoms with Gasteiger partial charge in [0.2, 0.25) is 0 Å². The number of piperidine rings is 1. The van der Waals surface area contributed by atoms with Crippen LogP contribution in [0.15, 0.2) is 30.5 Å². The van der Waals surface area contributed by atoms with Gasteiger partial charge >= 0.3 is 12.1 Å². The highest BCUT2D eigenvalue weighted by molar-refractivity contribution is 6.38. The first-order valence-electron chi connectivity index (χ1n) is 12.5. The van der Waals surface area contributed by atoms with E-state index in [1.807, 2.05) is 4.57 Å². The number of aromatic nitrogens is 1. The minimum absolute atomic E-state index is 0.167. The van der Waals surface area contributed by atoms with Crippen molar-refractivity contribution in [1.29, 1.82) is 0 Å². The van der Waals surface area contributed by atoms with E-state index in [0.29, 0.717) is 77.1 Å². The summed E-state index contributed by atoms with van der Waals surface area (Å²) < 4.78 is 47.0. The van der Waals surface area contributed by atoms with Crippen molar-refractivity contribution in [3.63, 3.8) is 0 Å². The van der Waals surface area contributed by atoms with Crippen molar-refractivity contribution in [2.75, 3.05) is 19.7 Å². The predicted molar refractivity (Wildman–Crippen MR) is 142 cm³/mol. The third-order valence-electron chi connectivity index (χ3n) is 7.10. The summed E-state index contributed by atoms with van der Waals surface area (Å²) in [6, 6.07) is 5.51. The molecule has 1 aromatic heterocycles. The SMILES string of the molecule is CCOC(=O)CC1CCN(C(=O)c2ccc(Cl)c(Cn3cc(C)c4cc(C(F)(F)F)cc(C)c43)c2Cl)CC1. The number of esters is 1. The van der Waals surface area contributed by atoms with Gasteiger partial charge in [-0.2, -0.15) is 13.2 Å². The molecular formula is C28H29Cl2F3N2O3. The van der Waals surface area contributed by atoms with Crippen LogP contribution in [0.1, 0.15) is 58.8 Å². The van der Waals surface area contributed by atoms with Crippen molar-refractivity contribution in [3.05, 3.63) is 68.3 Å². The topological polar surface area (TPSA) is 51.5 Å². The summed E-state index contributed by atoms with van der Waals surface area (Å²) >= 11 is 13.2. The smallest absolute Gasteiger partial charge is 0.416 e. The van der Waals surface area contributed by atoms with Crippen molar-refractivity contribution in [2.24, 2.45) is 5.92 Å². The second-order valence-corrected chi connectivity index (χ2v) is 10.5. The van der Waals surface area contributed by atoms with Crippen LogP contribution in [0.5, 0.6) is 0 Å². The van der Waals surface area contributed by atoms with Crippen molar-refractivity contribution in [1.82, 2.24) is 9.47 Å². The van der Waals surface area contributed by atoms with E-state index in [1.165, 1.54) is 0 Å². The van der Waals surface area contributed by atoms with Gasteiger partial charge in [0.1, 0.15) is 0 Å². The Kier molecular flexibility index (Phi) is 8.33. The summed E-state index contributed by atoms with van der Waals surface area (Å²) in [6.07, 6.45) is -0.946. The van der Waals surface area contributed by atoms with E-state index < -0.39 is 11.7 Å². The number of halogens is 5. The number of rotatable bonds is 6. The molecule has 204 valence electrons. The van der Waals surface area contributed by atoms with Gasteiger partial charge in [-0.25, -0.2) is 0 Å². The Labute approximate surface area is 229 Å². The standard InChI is InChI=1S/C28H29Cl2F3N2O3/c1-4-38-24(36)12-18-7-9-34(10-8-18)27(37)20-5-6-23(29)22(25(20)30)15-35-14-17(3)21-13-19(28(31,32)33)11-16(2)26(21)35/h5-6,11,13-14,18H,4,7-10,12,15H2,1-3H3. The number of nitrogens with zero attached hydrogens (tertiary/aromatic N) is 2. The molecule has 0 radical (unpaired) electrons. The Hall–Kier alpha value is -2.71. The average Bonchev–Trinajstić information content (AvgIpc) is 3.17. The quantitative estimate of drug-likeness (QED) is 0.290. The number of hydrogen-bond donors (Lipinski definition) is 0. The fourth-order valence-electron chi connectivity index (χ4n) is 5.16. The molecule has 3 aromatic rings. The van der Waals surface area contributed by atoms with Crippen LogP contribution in [-0.2, 0) is 22.3 Å². The Morgan fingerprint density at radius 2 is 1.76 bits per heavy atom. The van der Waals surface area contributed by atoms with Gasteiger partial charge < -0.3 is 14.2 Å². The number of hydrogen-bond acceptors (Lipinski definition) is 3. The number of amides is 1. The molecule has 0 aliphatic carbocycles. The van der Waals surface area contributed by atoms with Crippen LogP contribution < -0.4 is 0 Å². The molecule has 1 aliphatic heterocycles. The van der Waals surface area contributed by atoms with Gasteiger partial charge in [-0.1, -0.05) is 23.2 Å². The molecule has 0 atom stereocenters. The first-order valence-corrected chi connectivity index (χ1v) is 13.2. The molecule has 2 heterocycles. The molecular weight excluding hydrogens is 540 g/mol. The maximum Gasteiger partial charge on any atom is 0.416 e. The molecule has 10 heteroatoms. The first-order chi connectivity index (χ1) is 17.9. The number of benzene rings is 2. The second kappa shape index (κ2) is 11.2. The lowest BCUT2D eigenvalue weighted by atomic mass is 9.93. The Morgan fingerprint density at radius 1 is 1.08 bits per heavy atom. The zero-order valence-corrected chi connectivity index (χ0v) is 22.9. The van der Waals surface area contributed by atoms with Gasteiger partial charge in [-0.05, 0) is 74.9 Å². The van der Waals surface area contributed by atoms with Crippen LogP contribution in [0, 0.1) is 19.8 Å². The zero-order valence-electron chi connectivity index (χ0n) is 21.4. The van der Waals surface area contributed by atoms with E-state index in [4.69, 9.17) is 27.9 Å². The summed E-state index contributed by atoms with van der Waals surface area (Å²) in [4.78, 5) is 26.9. The van der Waals surface area contributed by atoms with Gasteiger partial charge in [0.25, 0.3) is 5.91 Å². The number of carbonyl (C=O) groups excluding carboxylic acids is 2. The van der Waals surface area contributed by atoms with Gasteiger partial charge in [-0.15, -0.1) is 0 Å². The molecule has 1 aliphatic rings. The van der Waals surface area contributed by atoms with Crippen LogP contribution in [0.3, 0.4) is 0 Å². The van der Waals surface area contributed by atoms with Crippen LogP contribution in [0.2, 0.25) is 10.0 Å². The molecule has 0 N–H and O–H groups in total. The molecule has 1 saturated heterocycles. The highest BCUT2D eigenvalue weighted by Crippen LogP contribution is 2.37. The monoisotopic (exact) mass is 568 g/mol. The molecule has 38 heavy (non-hydrogen) atoms. The Balaban J connectivity index is 1.58. The minimum Gasteiger partial charge on any atom is -0.466 e. The Morgan fingerprint density at radius 3 is 2.39 bits per heavy atom. The molecule has 5 nitrogen and oxygen atoms in total. The number of ether oxygens (including phenoxy) is 1. The molecule has 2 aromatic carbocycles. The van der Waals surface area contributed by atoms with Crippen molar-refractivity contribution in [2.45, 2.75) is 52.8 Å². The predicted octanol–water partition coefficient (Wildman–Crippen LogP) is 7.44. The lowest BCUT2D eigenvalue weighted by Crippen LogP contribution is -2.39. The van der Waals surface area contributed by atoms with Gasteiger partial charge in [0.15, 0.2) is 0 Å². The molecule has 0 unspecified atom stereocenters. The normalized spacial score (nSPS) is 14.8. The van der Waals surface area contributed by atoms with Gasteiger partial charge in [0, 0.05) is 41.7 Å². The summed E-state index contributed by atoms with van der Waals surface area (Å²) in [5.41, 5.74) is 1.97. The van der Waals surface area contributed by atoms with Crippen molar-refractivity contribution < 1.29 is 27.5 Å². The van der Waals surface area contributed by atoms with E-state index in [0.717, 1.165) is 12.1 Å². The maximum atomic E-state index is 13.4. The number of fused-ring (bicyclic) bond motifs is 1. The highest BCUT2D eigenvalue weighted by Gasteiger charge is 2.32. The Bertz CT molecular complexity index is 1380. The number of carbonyl (C=O) groups is 2. The van der Waals surface area contributed by atoms with Crippen LogP contribution in [0.25, 0.3) is 10.9 Å². The zero-order chi connectivity index (χ0) is 27.8. The number of aryl methyl sites for hydroxylation is 2. The minimum atomic E-state index is -4.44. The van der Waals surface area contributed by atoms with Crippen molar-refractivity contribution >= 4 is 46.0 Å². The lowest BCUT2D eigenvalue weighted by molar-refractivity contribution is -0.144. The first kappa shape index (κ1) is 28.3. The third-order valence-corrected chi connectivity index (χ3v) is 7.88. The van der Waals surface area contributed by atoms with Crippen LogP contribution >= 0.6 is 23.2 Å². The molecule has 1 fully saturated rings. The van der Waals surface area contributed by atoms with Gasteiger partial charge in [-0.3, -0.25) is 9.59 Å². The summed E-state index contributed by atoms with van der Waals surface area (Å²) in [7, 11) is 0. The lowest BCUT2D eigenvalue weighted by Gasteiger charge is -2.32. The van der Waals surface area contributed by atoms with E-state index in [1.54, 1.807) is 44.0 Å².